The molecule has 4 heterocycles. The van der Waals surface area contributed by atoms with Crippen LogP contribution in [-0.4, -0.2) is 27.7 Å². The van der Waals surface area contributed by atoms with E-state index in [0.29, 0.717) is 35.8 Å². The molecule has 0 saturated carbocycles. The predicted molar refractivity (Wildman–Crippen MR) is 110 cm³/mol. The molecule has 148 valence electrons. The Morgan fingerprint density at radius 3 is 3.07 bits per heavy atom. The fraction of sp³-hybridized carbons (Fsp3) is 0.421. The second kappa shape index (κ2) is 8.10. The number of aromatic nitrogens is 2. The topological polar surface area (TPSA) is 103 Å². The SMILES string of the molecule is CC(C)C1Cc2c(sc3nc(SCC(=O)NCc4ccco4)nc(N)c23)CO1. The van der Waals surface area contributed by atoms with Gasteiger partial charge in [0.15, 0.2) is 5.16 Å². The van der Waals surface area contributed by atoms with Crippen molar-refractivity contribution in [1.29, 1.82) is 0 Å². The number of carbonyl (C=O) groups excluding carboxylic acids is 1. The summed E-state index contributed by atoms with van der Waals surface area (Å²) in [6, 6.07) is 3.61. The maximum Gasteiger partial charge on any atom is 0.230 e. The van der Waals surface area contributed by atoms with Crippen molar-refractivity contribution in [2.75, 3.05) is 11.5 Å². The number of amides is 1. The fourth-order valence-corrected chi connectivity index (χ4v) is 5.03. The van der Waals surface area contributed by atoms with Gasteiger partial charge in [-0.1, -0.05) is 25.6 Å². The van der Waals surface area contributed by atoms with Gasteiger partial charge in [0.05, 0.1) is 36.7 Å². The number of anilines is 1. The molecule has 0 spiro atoms. The average molecular weight is 419 g/mol. The minimum atomic E-state index is -0.109. The van der Waals surface area contributed by atoms with Crippen molar-refractivity contribution in [3.63, 3.8) is 0 Å². The smallest absolute Gasteiger partial charge is 0.230 e. The number of thiophene rings is 1. The summed E-state index contributed by atoms with van der Waals surface area (Å²) < 4.78 is 11.2. The van der Waals surface area contributed by atoms with Crippen molar-refractivity contribution < 1.29 is 13.9 Å². The summed E-state index contributed by atoms with van der Waals surface area (Å²) in [7, 11) is 0. The van der Waals surface area contributed by atoms with E-state index in [-0.39, 0.29) is 17.8 Å². The lowest BCUT2D eigenvalue weighted by Crippen LogP contribution is -2.26. The normalized spacial score (nSPS) is 16.5. The zero-order chi connectivity index (χ0) is 19.7. The maximum atomic E-state index is 12.0. The van der Waals surface area contributed by atoms with E-state index >= 15 is 0 Å². The number of ether oxygens (including phenoxy) is 1. The Bertz CT molecular complexity index is 985. The predicted octanol–water partition coefficient (Wildman–Crippen LogP) is 3.37. The third-order valence-electron chi connectivity index (χ3n) is 4.69. The first-order chi connectivity index (χ1) is 13.5. The third kappa shape index (κ3) is 4.01. The van der Waals surface area contributed by atoms with Crippen LogP contribution in [0.1, 0.15) is 30.0 Å². The molecule has 3 N–H and O–H groups in total. The molecular formula is C19H22N4O3S2. The molecule has 0 radical (unpaired) electrons. The number of nitrogens with one attached hydrogen (secondary N) is 1. The molecule has 1 atom stereocenters. The van der Waals surface area contributed by atoms with Crippen molar-refractivity contribution in [3.8, 4) is 0 Å². The number of rotatable bonds is 6. The van der Waals surface area contributed by atoms with Crippen LogP contribution < -0.4 is 11.1 Å². The summed E-state index contributed by atoms with van der Waals surface area (Å²) in [5.41, 5.74) is 7.48. The molecule has 0 fully saturated rings. The van der Waals surface area contributed by atoms with E-state index < -0.39 is 0 Å². The summed E-state index contributed by atoms with van der Waals surface area (Å²) in [5, 5.41) is 4.27. The first kappa shape index (κ1) is 19.2. The highest BCUT2D eigenvalue weighted by Gasteiger charge is 2.27. The van der Waals surface area contributed by atoms with Crippen LogP contribution >= 0.6 is 23.1 Å². The van der Waals surface area contributed by atoms with Gasteiger partial charge in [0.25, 0.3) is 0 Å². The molecule has 28 heavy (non-hydrogen) atoms. The first-order valence-corrected chi connectivity index (χ1v) is 10.9. The second-order valence-corrected chi connectivity index (χ2v) is 9.04. The fourth-order valence-electron chi connectivity index (χ4n) is 3.16. The molecule has 0 bridgehead atoms. The zero-order valence-electron chi connectivity index (χ0n) is 15.7. The van der Waals surface area contributed by atoms with Crippen LogP contribution in [0.3, 0.4) is 0 Å². The molecule has 1 aliphatic heterocycles. The molecule has 1 unspecified atom stereocenters. The van der Waals surface area contributed by atoms with Gasteiger partial charge >= 0.3 is 0 Å². The highest BCUT2D eigenvalue weighted by atomic mass is 32.2. The van der Waals surface area contributed by atoms with E-state index in [1.807, 2.05) is 6.07 Å². The molecule has 3 aromatic heterocycles. The van der Waals surface area contributed by atoms with Gasteiger partial charge in [-0.05, 0) is 23.6 Å². The number of hydrogen-bond acceptors (Lipinski definition) is 8. The first-order valence-electron chi connectivity index (χ1n) is 9.12. The number of nitrogens with zero attached hydrogens (tertiary/aromatic N) is 2. The number of nitrogen functional groups attached to an aromatic ring is 1. The van der Waals surface area contributed by atoms with Gasteiger partial charge in [-0.15, -0.1) is 11.3 Å². The number of hydrogen-bond donors (Lipinski definition) is 2. The van der Waals surface area contributed by atoms with Crippen molar-refractivity contribution in [2.24, 2.45) is 5.92 Å². The van der Waals surface area contributed by atoms with Crippen molar-refractivity contribution in [2.45, 2.75) is 44.7 Å². The van der Waals surface area contributed by atoms with Crippen molar-refractivity contribution >= 4 is 45.0 Å². The second-order valence-electron chi connectivity index (χ2n) is 7.02. The number of carbonyl (C=O) groups is 1. The number of thioether (sulfide) groups is 1. The van der Waals surface area contributed by atoms with Gasteiger partial charge in [-0.25, -0.2) is 9.97 Å². The number of nitrogens with two attached hydrogens (primary N) is 1. The van der Waals surface area contributed by atoms with E-state index in [1.165, 1.54) is 22.2 Å². The Hall–Kier alpha value is -2.10. The monoisotopic (exact) mass is 418 g/mol. The van der Waals surface area contributed by atoms with Crippen LogP contribution in [0, 0.1) is 5.92 Å². The number of fused-ring (bicyclic) bond motifs is 3. The molecule has 9 heteroatoms. The maximum absolute atomic E-state index is 12.0. The molecule has 7 nitrogen and oxygen atoms in total. The quantitative estimate of drug-likeness (QED) is 0.467. The summed E-state index contributed by atoms with van der Waals surface area (Å²) >= 11 is 2.88. The van der Waals surface area contributed by atoms with Crippen LogP contribution in [0.5, 0.6) is 0 Å². The van der Waals surface area contributed by atoms with Gasteiger partial charge in [-0.2, -0.15) is 0 Å². The molecule has 1 amide bonds. The lowest BCUT2D eigenvalue weighted by molar-refractivity contribution is -0.118. The molecule has 3 aromatic rings. The van der Waals surface area contributed by atoms with Gasteiger partial charge in [0, 0.05) is 11.3 Å². The standard InChI is InChI=1S/C19H22N4O3S2/c1-10(2)13-6-12-14(8-26-13)28-18-16(12)17(20)22-19(23-18)27-9-15(24)21-7-11-4-3-5-25-11/h3-5,10,13H,6-9H2,1-2H3,(H,21,24)(H2,20,22,23). The highest BCUT2D eigenvalue weighted by molar-refractivity contribution is 7.99. The molecule has 0 aliphatic carbocycles. The average Bonchev–Trinajstić information content (AvgIpc) is 3.31. The lowest BCUT2D eigenvalue weighted by atomic mass is 9.96. The van der Waals surface area contributed by atoms with Gasteiger partial charge in [0.1, 0.15) is 16.4 Å². The van der Waals surface area contributed by atoms with Crippen LogP contribution in [0.2, 0.25) is 0 Å². The van der Waals surface area contributed by atoms with E-state index in [1.54, 1.807) is 23.7 Å². The van der Waals surface area contributed by atoms with E-state index in [9.17, 15) is 4.79 Å². The Morgan fingerprint density at radius 1 is 1.46 bits per heavy atom. The van der Waals surface area contributed by atoms with Gasteiger partial charge in [-0.3, -0.25) is 4.79 Å². The van der Waals surface area contributed by atoms with E-state index in [4.69, 9.17) is 14.9 Å². The van der Waals surface area contributed by atoms with Crippen LogP contribution in [0.25, 0.3) is 10.2 Å². The van der Waals surface area contributed by atoms with Gasteiger partial charge < -0.3 is 20.2 Å². The largest absolute Gasteiger partial charge is 0.467 e. The van der Waals surface area contributed by atoms with E-state index in [0.717, 1.165) is 16.6 Å². The lowest BCUT2D eigenvalue weighted by Gasteiger charge is -2.26. The molecule has 4 rings (SSSR count). The summed E-state index contributed by atoms with van der Waals surface area (Å²) in [6.45, 7) is 5.28. The van der Waals surface area contributed by atoms with Crippen LogP contribution in [0.4, 0.5) is 5.82 Å². The van der Waals surface area contributed by atoms with Crippen molar-refractivity contribution in [3.05, 3.63) is 34.6 Å². The molecule has 1 aliphatic rings. The minimum absolute atomic E-state index is 0.109. The Kier molecular flexibility index (Phi) is 5.56. The Balaban J connectivity index is 1.45. The van der Waals surface area contributed by atoms with Gasteiger partial charge in [0.2, 0.25) is 5.91 Å². The minimum Gasteiger partial charge on any atom is -0.467 e. The van der Waals surface area contributed by atoms with Crippen LogP contribution in [0.15, 0.2) is 28.0 Å². The summed E-state index contributed by atoms with van der Waals surface area (Å²) in [5.74, 6) is 1.74. The van der Waals surface area contributed by atoms with Crippen LogP contribution in [-0.2, 0) is 29.1 Å². The number of furan rings is 1. The molecule has 0 aromatic carbocycles. The molecule has 0 saturated heterocycles. The third-order valence-corrected chi connectivity index (χ3v) is 6.64. The Morgan fingerprint density at radius 2 is 2.32 bits per heavy atom. The molecular weight excluding hydrogens is 396 g/mol. The highest BCUT2D eigenvalue weighted by Crippen LogP contribution is 2.39. The summed E-state index contributed by atoms with van der Waals surface area (Å²) in [4.78, 5) is 23.1. The zero-order valence-corrected chi connectivity index (χ0v) is 17.4. The van der Waals surface area contributed by atoms with Crippen molar-refractivity contribution in [1.82, 2.24) is 15.3 Å². The Labute approximate surface area is 171 Å². The van der Waals surface area contributed by atoms with E-state index in [2.05, 4.69) is 29.1 Å². The summed E-state index contributed by atoms with van der Waals surface area (Å²) in [6.07, 6.45) is 2.61.